The summed E-state index contributed by atoms with van der Waals surface area (Å²) in [6.45, 7) is -0.691. The molecule has 2 aliphatic rings. The highest BCUT2D eigenvalue weighted by Crippen LogP contribution is 2.45. The average molecular weight is 507 g/mol. The zero-order valence-electron chi connectivity index (χ0n) is 20.3. The molecule has 2 aromatic heterocycles. The highest BCUT2D eigenvalue weighted by Gasteiger charge is 2.43. The molecule has 2 aromatic carbocycles. The van der Waals surface area contributed by atoms with Gasteiger partial charge in [-0.05, 0) is 62.1 Å². The highest BCUT2D eigenvalue weighted by atomic mass is 19.1. The van der Waals surface area contributed by atoms with Gasteiger partial charge in [0.05, 0.1) is 22.9 Å². The standard InChI is InChI=1S/C28H25F3N4O2/c1-34-27(17-11-18(30)14-19(31)12-17)22-15-20-3-2-4-24(26(22)33-34)35(20)28(36)16-5-6-23-21(13-16)25(7-9-32-23)37-10-8-29/h5-7,9,11-14,20,24H,2-4,8,10,15H2,1H3/t20-,24+/m0/s1. The summed E-state index contributed by atoms with van der Waals surface area (Å²) in [4.78, 5) is 20.2. The average Bonchev–Trinajstić information content (AvgIpc) is 3.21. The Morgan fingerprint density at radius 1 is 1.11 bits per heavy atom. The lowest BCUT2D eigenvalue weighted by Gasteiger charge is -2.45. The predicted octanol–water partition coefficient (Wildman–Crippen LogP) is 5.55. The fraction of sp³-hybridized carbons (Fsp3) is 0.321. The largest absolute Gasteiger partial charge is 0.490 e. The molecule has 0 unspecified atom stereocenters. The van der Waals surface area contributed by atoms with Gasteiger partial charge in [0.25, 0.3) is 5.91 Å². The summed E-state index contributed by atoms with van der Waals surface area (Å²) in [6.07, 6.45) is 4.69. The number of rotatable bonds is 5. The molecule has 2 atom stereocenters. The number of aryl methyl sites for hydroxylation is 1. The number of halogens is 3. The van der Waals surface area contributed by atoms with Crippen molar-refractivity contribution in [2.45, 2.75) is 37.8 Å². The van der Waals surface area contributed by atoms with Crippen molar-refractivity contribution in [2.24, 2.45) is 7.05 Å². The van der Waals surface area contributed by atoms with E-state index in [2.05, 4.69) is 4.98 Å². The van der Waals surface area contributed by atoms with Crippen LogP contribution in [0.25, 0.3) is 22.2 Å². The number of fused-ring (bicyclic) bond motifs is 5. The second kappa shape index (κ2) is 9.21. The number of carbonyl (C=O) groups is 1. The van der Waals surface area contributed by atoms with Crippen LogP contribution in [-0.2, 0) is 13.5 Å². The Bertz CT molecular complexity index is 1500. The quantitative estimate of drug-likeness (QED) is 0.356. The molecule has 0 spiro atoms. The number of ether oxygens (including phenoxy) is 1. The van der Waals surface area contributed by atoms with Crippen molar-refractivity contribution >= 4 is 16.8 Å². The Balaban J connectivity index is 1.39. The Hall–Kier alpha value is -3.88. The van der Waals surface area contributed by atoms with E-state index in [9.17, 15) is 18.0 Å². The lowest BCUT2D eigenvalue weighted by atomic mass is 9.81. The summed E-state index contributed by atoms with van der Waals surface area (Å²) >= 11 is 0. The van der Waals surface area contributed by atoms with E-state index in [1.165, 1.54) is 12.1 Å². The third-order valence-corrected chi connectivity index (χ3v) is 7.33. The monoisotopic (exact) mass is 506 g/mol. The van der Waals surface area contributed by atoms with Gasteiger partial charge in [0.15, 0.2) is 0 Å². The summed E-state index contributed by atoms with van der Waals surface area (Å²) in [5.74, 6) is -0.918. The topological polar surface area (TPSA) is 60.2 Å². The van der Waals surface area contributed by atoms with Gasteiger partial charge < -0.3 is 9.64 Å². The van der Waals surface area contributed by atoms with E-state index in [-0.39, 0.29) is 24.6 Å². The van der Waals surface area contributed by atoms with E-state index in [4.69, 9.17) is 9.84 Å². The minimum atomic E-state index is -0.640. The van der Waals surface area contributed by atoms with Gasteiger partial charge in [0.2, 0.25) is 0 Å². The Morgan fingerprint density at radius 2 is 1.92 bits per heavy atom. The number of hydrogen-bond donors (Lipinski definition) is 0. The van der Waals surface area contributed by atoms with E-state index >= 15 is 0 Å². The fourth-order valence-electron chi connectivity index (χ4n) is 5.88. The van der Waals surface area contributed by atoms with Crippen LogP contribution in [0.15, 0.2) is 48.7 Å². The van der Waals surface area contributed by atoms with E-state index in [0.29, 0.717) is 39.9 Å². The van der Waals surface area contributed by atoms with Gasteiger partial charge in [0, 0.05) is 47.4 Å². The highest BCUT2D eigenvalue weighted by molar-refractivity contribution is 5.99. The molecule has 0 aliphatic carbocycles. The molecule has 37 heavy (non-hydrogen) atoms. The Labute approximate surface area is 211 Å². The van der Waals surface area contributed by atoms with E-state index < -0.39 is 18.3 Å². The number of piperidine rings is 1. The van der Waals surface area contributed by atoms with Crippen LogP contribution < -0.4 is 4.74 Å². The van der Waals surface area contributed by atoms with Crippen molar-refractivity contribution in [2.75, 3.05) is 13.3 Å². The Kier molecular flexibility index (Phi) is 5.85. The van der Waals surface area contributed by atoms with Gasteiger partial charge in [0.1, 0.15) is 30.7 Å². The number of aromatic nitrogens is 3. The normalized spacial score (nSPS) is 18.6. The number of benzene rings is 2. The minimum Gasteiger partial charge on any atom is -0.490 e. The number of carbonyl (C=O) groups excluding carboxylic acids is 1. The first-order valence-electron chi connectivity index (χ1n) is 12.4. The predicted molar refractivity (Wildman–Crippen MR) is 132 cm³/mol. The van der Waals surface area contributed by atoms with E-state index in [1.54, 1.807) is 42.2 Å². The molecule has 0 radical (unpaired) electrons. The number of alkyl halides is 1. The van der Waals surface area contributed by atoms with E-state index in [0.717, 1.165) is 36.6 Å². The second-order valence-corrected chi connectivity index (χ2v) is 9.59. The van der Waals surface area contributed by atoms with Gasteiger partial charge in [-0.3, -0.25) is 14.5 Å². The molecule has 2 bridgehead atoms. The smallest absolute Gasteiger partial charge is 0.254 e. The second-order valence-electron chi connectivity index (χ2n) is 9.59. The van der Waals surface area contributed by atoms with Crippen molar-refractivity contribution in [1.82, 2.24) is 19.7 Å². The van der Waals surface area contributed by atoms with Crippen molar-refractivity contribution in [3.8, 4) is 17.0 Å². The van der Waals surface area contributed by atoms with Crippen LogP contribution in [0.2, 0.25) is 0 Å². The summed E-state index contributed by atoms with van der Waals surface area (Å²) in [7, 11) is 1.77. The number of pyridine rings is 1. The molecule has 1 amide bonds. The summed E-state index contributed by atoms with van der Waals surface area (Å²) in [6, 6.07) is 10.1. The first-order valence-corrected chi connectivity index (χ1v) is 12.4. The minimum absolute atomic E-state index is 0.0630. The van der Waals surface area contributed by atoms with Gasteiger partial charge in [-0.2, -0.15) is 5.10 Å². The molecule has 4 aromatic rings. The molecular formula is C28H25F3N4O2. The van der Waals surface area contributed by atoms with Crippen molar-refractivity contribution < 1.29 is 22.7 Å². The molecule has 0 saturated carbocycles. The third-order valence-electron chi connectivity index (χ3n) is 7.33. The van der Waals surface area contributed by atoms with E-state index in [1.807, 2.05) is 4.90 Å². The molecule has 6 rings (SSSR count). The number of hydrogen-bond acceptors (Lipinski definition) is 4. The molecular weight excluding hydrogens is 481 g/mol. The molecule has 1 saturated heterocycles. The molecule has 9 heteroatoms. The summed E-state index contributed by atoms with van der Waals surface area (Å²) < 4.78 is 48.0. The lowest BCUT2D eigenvalue weighted by Crippen LogP contribution is -2.49. The third kappa shape index (κ3) is 4.02. The Morgan fingerprint density at radius 3 is 2.70 bits per heavy atom. The number of amides is 1. The molecule has 4 heterocycles. The lowest BCUT2D eigenvalue weighted by molar-refractivity contribution is 0.0392. The van der Waals surface area contributed by atoms with Crippen LogP contribution in [-0.4, -0.2) is 44.9 Å². The number of nitrogens with zero attached hydrogens (tertiary/aromatic N) is 4. The van der Waals surface area contributed by atoms with Crippen molar-refractivity contribution in [3.05, 3.63) is 77.1 Å². The first kappa shape index (κ1) is 23.5. The van der Waals surface area contributed by atoms with Crippen molar-refractivity contribution in [1.29, 1.82) is 0 Å². The summed E-state index contributed by atoms with van der Waals surface area (Å²) in [5.41, 5.74) is 4.00. The molecule has 190 valence electrons. The summed E-state index contributed by atoms with van der Waals surface area (Å²) in [5, 5.41) is 5.39. The maximum absolute atomic E-state index is 14.0. The maximum Gasteiger partial charge on any atom is 0.254 e. The van der Waals surface area contributed by atoms with Gasteiger partial charge in [-0.15, -0.1) is 0 Å². The van der Waals surface area contributed by atoms with Crippen LogP contribution in [0.3, 0.4) is 0 Å². The van der Waals surface area contributed by atoms with Gasteiger partial charge in [-0.1, -0.05) is 0 Å². The SMILES string of the molecule is Cn1nc2c(c1-c1cc(F)cc(F)c1)C[C@@H]1CCC[C@H]2N1C(=O)c1ccc2nccc(OCCF)c2c1. The van der Waals surface area contributed by atoms with Crippen molar-refractivity contribution in [3.63, 3.8) is 0 Å². The van der Waals surface area contributed by atoms with Crippen LogP contribution >= 0.6 is 0 Å². The van der Waals surface area contributed by atoms with Gasteiger partial charge >= 0.3 is 0 Å². The maximum atomic E-state index is 14.0. The molecule has 2 aliphatic heterocycles. The zero-order valence-corrected chi connectivity index (χ0v) is 20.3. The molecule has 1 fully saturated rings. The van der Waals surface area contributed by atoms with Crippen LogP contribution in [0, 0.1) is 11.6 Å². The van der Waals surface area contributed by atoms with Crippen LogP contribution in [0.1, 0.15) is 46.9 Å². The molecule has 6 nitrogen and oxygen atoms in total. The zero-order chi connectivity index (χ0) is 25.7. The van der Waals surface area contributed by atoms with Gasteiger partial charge in [-0.25, -0.2) is 13.2 Å². The van der Waals surface area contributed by atoms with Crippen LogP contribution in [0.5, 0.6) is 5.75 Å². The fourth-order valence-corrected chi connectivity index (χ4v) is 5.88. The van der Waals surface area contributed by atoms with Crippen LogP contribution in [0.4, 0.5) is 13.2 Å². The first-order chi connectivity index (χ1) is 17.9. The molecule has 0 N–H and O–H groups in total.